The molecule has 1 amide bonds. The van der Waals surface area contributed by atoms with Crippen molar-refractivity contribution in [3.8, 4) is 0 Å². The van der Waals surface area contributed by atoms with Crippen LogP contribution in [0.4, 0.5) is 0 Å². The van der Waals surface area contributed by atoms with Crippen LogP contribution in [0.5, 0.6) is 0 Å². The molecule has 3 aliphatic rings. The highest BCUT2D eigenvalue weighted by Gasteiger charge is 2.31. The van der Waals surface area contributed by atoms with Crippen LogP contribution in [0, 0.1) is 5.92 Å². The van der Waals surface area contributed by atoms with E-state index in [2.05, 4.69) is 21.6 Å². The van der Waals surface area contributed by atoms with E-state index in [9.17, 15) is 4.79 Å². The Bertz CT molecular complexity index is 440. The average Bonchev–Trinajstić information content (AvgIpc) is 2.64. The smallest absolute Gasteiger partial charge is 0.233 e. The van der Waals surface area contributed by atoms with Crippen LogP contribution in [0.3, 0.4) is 0 Å². The molecule has 0 aromatic carbocycles. The van der Waals surface area contributed by atoms with E-state index in [0.29, 0.717) is 18.6 Å². The van der Waals surface area contributed by atoms with E-state index in [4.69, 9.17) is 0 Å². The molecule has 4 nitrogen and oxygen atoms in total. The second-order valence-corrected chi connectivity index (χ2v) is 7.91. The van der Waals surface area contributed by atoms with Crippen LogP contribution in [0.1, 0.15) is 64.2 Å². The number of hydrogen-bond acceptors (Lipinski definition) is 3. The van der Waals surface area contributed by atoms with Gasteiger partial charge in [-0.05, 0) is 57.3 Å². The third-order valence-corrected chi connectivity index (χ3v) is 6.25. The van der Waals surface area contributed by atoms with Gasteiger partial charge < -0.3 is 10.6 Å². The van der Waals surface area contributed by atoms with Crippen molar-refractivity contribution in [1.29, 1.82) is 0 Å². The lowest BCUT2D eigenvalue weighted by Crippen LogP contribution is -2.50. The first-order valence-corrected chi connectivity index (χ1v) is 10.1. The Morgan fingerprint density at radius 1 is 1.12 bits per heavy atom. The van der Waals surface area contributed by atoms with Crippen molar-refractivity contribution in [2.24, 2.45) is 5.92 Å². The van der Waals surface area contributed by atoms with Gasteiger partial charge in [0.25, 0.3) is 0 Å². The van der Waals surface area contributed by atoms with Crippen LogP contribution in [0.15, 0.2) is 11.6 Å². The molecule has 0 bridgehead atoms. The molecule has 1 saturated heterocycles. The van der Waals surface area contributed by atoms with Gasteiger partial charge in [0.2, 0.25) is 5.91 Å². The zero-order valence-electron chi connectivity index (χ0n) is 15.4. The Kier molecular flexibility index (Phi) is 6.73. The zero-order valence-corrected chi connectivity index (χ0v) is 15.4. The summed E-state index contributed by atoms with van der Waals surface area (Å²) in [5.74, 6) is 0.931. The van der Waals surface area contributed by atoms with Gasteiger partial charge in [-0.25, -0.2) is 0 Å². The zero-order chi connectivity index (χ0) is 16.8. The topological polar surface area (TPSA) is 44.4 Å². The molecule has 2 fully saturated rings. The number of likely N-dealkylation sites (N-methyl/N-ethyl adjacent to an activating group) is 1. The van der Waals surface area contributed by atoms with Crippen LogP contribution in [-0.2, 0) is 4.79 Å². The molecule has 0 unspecified atom stereocenters. The van der Waals surface area contributed by atoms with Crippen LogP contribution < -0.4 is 10.6 Å². The van der Waals surface area contributed by atoms with Gasteiger partial charge in [0.15, 0.2) is 0 Å². The summed E-state index contributed by atoms with van der Waals surface area (Å²) in [6, 6.07) is 1.33. The molecule has 0 aromatic heterocycles. The number of hydrogen-bond donors (Lipinski definition) is 2. The maximum Gasteiger partial charge on any atom is 0.233 e. The summed E-state index contributed by atoms with van der Waals surface area (Å²) < 4.78 is 0. The molecule has 1 saturated carbocycles. The summed E-state index contributed by atoms with van der Waals surface area (Å²) in [7, 11) is 1.72. The highest BCUT2D eigenvalue weighted by Crippen LogP contribution is 2.35. The minimum Gasteiger partial charge on any atom is -0.358 e. The van der Waals surface area contributed by atoms with E-state index in [1.165, 1.54) is 64.2 Å². The summed E-state index contributed by atoms with van der Waals surface area (Å²) in [6.45, 7) is 2.65. The van der Waals surface area contributed by atoms with Gasteiger partial charge in [-0.1, -0.05) is 24.5 Å². The first-order chi connectivity index (χ1) is 11.8. The number of likely N-dealkylation sites (tertiary alicyclic amines) is 1. The van der Waals surface area contributed by atoms with Crippen molar-refractivity contribution in [2.45, 2.75) is 76.3 Å². The van der Waals surface area contributed by atoms with Gasteiger partial charge in [-0.2, -0.15) is 0 Å². The summed E-state index contributed by atoms with van der Waals surface area (Å²) in [5.41, 5.74) is 1.76. The standard InChI is InChI=1S/C20H35N3O/c1-21-20(24)15-23-13-11-17(12-14-23)22-19-10-6-5-9-18(19)16-7-3-2-4-8-16/h7,17-19,22H,2-6,8-15H2,1H3,(H,21,24)/t18-,19+/m0/s1. The van der Waals surface area contributed by atoms with Crippen molar-refractivity contribution in [1.82, 2.24) is 15.5 Å². The first-order valence-electron chi connectivity index (χ1n) is 10.1. The van der Waals surface area contributed by atoms with Gasteiger partial charge in [-0.15, -0.1) is 0 Å². The Labute approximate surface area is 147 Å². The fourth-order valence-electron chi connectivity index (χ4n) is 4.82. The van der Waals surface area contributed by atoms with E-state index in [1.54, 1.807) is 12.6 Å². The molecule has 24 heavy (non-hydrogen) atoms. The number of amides is 1. The van der Waals surface area contributed by atoms with E-state index in [1.807, 2.05) is 0 Å². The lowest BCUT2D eigenvalue weighted by Gasteiger charge is -2.40. The van der Waals surface area contributed by atoms with Crippen LogP contribution >= 0.6 is 0 Å². The number of carbonyl (C=O) groups excluding carboxylic acids is 1. The van der Waals surface area contributed by atoms with Crippen molar-refractivity contribution in [3.05, 3.63) is 11.6 Å². The molecule has 1 aliphatic heterocycles. The van der Waals surface area contributed by atoms with Gasteiger partial charge in [-0.3, -0.25) is 9.69 Å². The number of piperidine rings is 1. The molecule has 3 rings (SSSR count). The second kappa shape index (κ2) is 9.00. The molecular formula is C20H35N3O. The van der Waals surface area contributed by atoms with Crippen molar-refractivity contribution in [2.75, 3.05) is 26.7 Å². The van der Waals surface area contributed by atoms with Gasteiger partial charge in [0.1, 0.15) is 0 Å². The lowest BCUT2D eigenvalue weighted by atomic mass is 9.76. The molecule has 0 aromatic rings. The predicted octanol–water partition coefficient (Wildman–Crippen LogP) is 2.85. The number of nitrogens with one attached hydrogen (secondary N) is 2. The minimum absolute atomic E-state index is 0.137. The summed E-state index contributed by atoms with van der Waals surface area (Å²) in [4.78, 5) is 13.8. The third kappa shape index (κ3) is 4.82. The van der Waals surface area contributed by atoms with Gasteiger partial charge in [0.05, 0.1) is 6.54 Å². The lowest BCUT2D eigenvalue weighted by molar-refractivity contribution is -0.122. The van der Waals surface area contributed by atoms with Crippen molar-refractivity contribution < 1.29 is 4.79 Å². The van der Waals surface area contributed by atoms with Crippen molar-refractivity contribution >= 4 is 5.91 Å². The SMILES string of the molecule is CNC(=O)CN1CCC(N[C@@H]2CCCC[C@H]2C2=CCCCC2)CC1. The molecule has 4 heteroatoms. The quantitative estimate of drug-likeness (QED) is 0.761. The molecule has 0 spiro atoms. The van der Waals surface area contributed by atoms with Crippen LogP contribution in [-0.4, -0.2) is 49.6 Å². The number of nitrogens with zero attached hydrogens (tertiary/aromatic N) is 1. The Morgan fingerprint density at radius 2 is 1.92 bits per heavy atom. The molecule has 2 N–H and O–H groups in total. The Hall–Kier alpha value is -0.870. The molecular weight excluding hydrogens is 298 g/mol. The Balaban J connectivity index is 1.49. The number of allylic oxidation sites excluding steroid dienone is 1. The highest BCUT2D eigenvalue weighted by molar-refractivity contribution is 5.77. The monoisotopic (exact) mass is 333 g/mol. The van der Waals surface area contributed by atoms with E-state index in [-0.39, 0.29) is 5.91 Å². The number of rotatable bonds is 5. The molecule has 0 radical (unpaired) electrons. The maximum absolute atomic E-state index is 11.5. The third-order valence-electron chi connectivity index (χ3n) is 6.25. The fourth-order valence-corrected chi connectivity index (χ4v) is 4.82. The minimum atomic E-state index is 0.137. The van der Waals surface area contributed by atoms with Crippen LogP contribution in [0.2, 0.25) is 0 Å². The first kappa shape index (κ1) is 17.9. The summed E-state index contributed by atoms with van der Waals surface area (Å²) in [6.07, 6.45) is 15.9. The van der Waals surface area contributed by atoms with E-state index < -0.39 is 0 Å². The average molecular weight is 334 g/mol. The summed E-state index contributed by atoms with van der Waals surface area (Å²) in [5, 5.41) is 6.75. The molecule has 1 heterocycles. The van der Waals surface area contributed by atoms with Crippen molar-refractivity contribution in [3.63, 3.8) is 0 Å². The van der Waals surface area contributed by atoms with Crippen LogP contribution in [0.25, 0.3) is 0 Å². The molecule has 2 aliphatic carbocycles. The highest BCUT2D eigenvalue weighted by atomic mass is 16.1. The maximum atomic E-state index is 11.5. The predicted molar refractivity (Wildman–Crippen MR) is 99.0 cm³/mol. The van der Waals surface area contributed by atoms with E-state index in [0.717, 1.165) is 19.0 Å². The van der Waals surface area contributed by atoms with Gasteiger partial charge in [0, 0.05) is 32.2 Å². The summed E-state index contributed by atoms with van der Waals surface area (Å²) >= 11 is 0. The molecule has 2 atom stereocenters. The second-order valence-electron chi connectivity index (χ2n) is 7.91. The van der Waals surface area contributed by atoms with Gasteiger partial charge >= 0.3 is 0 Å². The fraction of sp³-hybridized carbons (Fsp3) is 0.850. The molecule has 136 valence electrons. The largest absolute Gasteiger partial charge is 0.358 e. The normalized spacial score (nSPS) is 30.0. The Morgan fingerprint density at radius 3 is 2.62 bits per heavy atom. The number of carbonyl (C=O) groups is 1. The van der Waals surface area contributed by atoms with E-state index >= 15 is 0 Å².